The van der Waals surface area contributed by atoms with Gasteiger partial charge >= 0.3 is 6.18 Å². The summed E-state index contributed by atoms with van der Waals surface area (Å²) in [5.74, 6) is -0.917. The van der Waals surface area contributed by atoms with Gasteiger partial charge in [-0.15, -0.1) is 0 Å². The number of alkyl halides is 3. The van der Waals surface area contributed by atoms with Crippen molar-refractivity contribution in [2.45, 2.75) is 37.2 Å². The molecule has 11 heteroatoms. The molecule has 0 bridgehead atoms. The smallest absolute Gasteiger partial charge is 0.416 e. The Morgan fingerprint density at radius 2 is 1.53 bits per heavy atom. The van der Waals surface area contributed by atoms with Crippen LogP contribution in [0.1, 0.15) is 40.3 Å². The number of aliphatic hydroxyl groups excluding tert-OH is 1. The average molecular weight is 762 g/mol. The van der Waals surface area contributed by atoms with Gasteiger partial charge in [0.15, 0.2) is 11.6 Å². The van der Waals surface area contributed by atoms with E-state index in [-0.39, 0.29) is 31.0 Å². The Hall–Kier alpha value is -5.00. The van der Waals surface area contributed by atoms with E-state index in [1.165, 1.54) is 0 Å². The number of benzene rings is 5. The normalized spacial score (nSPS) is 17.1. The maximum absolute atomic E-state index is 14.6. The lowest BCUT2D eigenvalue weighted by atomic mass is 9.81. The zero-order chi connectivity index (χ0) is 36.0. The Morgan fingerprint density at radius 1 is 0.863 bits per heavy atom. The van der Waals surface area contributed by atoms with Crippen LogP contribution in [0.5, 0.6) is 5.75 Å². The van der Waals surface area contributed by atoms with Gasteiger partial charge in [0.25, 0.3) is 5.91 Å². The van der Waals surface area contributed by atoms with Crippen LogP contribution in [0.2, 0.25) is 0 Å². The Balaban J connectivity index is 1.41. The second-order valence-corrected chi connectivity index (χ2v) is 13.0. The fourth-order valence-electron chi connectivity index (χ4n) is 5.93. The predicted molar refractivity (Wildman–Crippen MR) is 190 cm³/mol. The molecule has 0 saturated heterocycles. The molecule has 1 amide bonds. The highest BCUT2D eigenvalue weighted by Gasteiger charge is 2.53. The summed E-state index contributed by atoms with van der Waals surface area (Å²) in [5.41, 5.74) is 1.08. The molecule has 0 radical (unpaired) electrons. The molecule has 1 heterocycles. The Kier molecular flexibility index (Phi) is 10.9. The summed E-state index contributed by atoms with van der Waals surface area (Å²) < 4.78 is 67.9. The maximum Gasteiger partial charge on any atom is 0.416 e. The molecular weight excluding hydrogens is 728 g/mol. The number of aliphatic imine (C=N–C) groups is 1. The molecule has 5 aromatic rings. The third-order valence-corrected chi connectivity index (χ3v) is 9.00. The molecule has 1 aliphatic heterocycles. The number of aliphatic hydroxyl groups is 1. The van der Waals surface area contributed by atoms with E-state index in [1.54, 1.807) is 24.3 Å². The quantitative estimate of drug-likeness (QED) is 0.0984. The van der Waals surface area contributed by atoms with E-state index in [0.717, 1.165) is 33.3 Å². The number of ether oxygens (including phenoxy) is 2. The van der Waals surface area contributed by atoms with Crippen LogP contribution in [0.25, 0.3) is 11.1 Å². The summed E-state index contributed by atoms with van der Waals surface area (Å²) in [6.07, 6.45) is -5.18. The number of hydrogen-bond donors (Lipinski definition) is 2. The van der Waals surface area contributed by atoms with Crippen molar-refractivity contribution < 1.29 is 36.9 Å². The monoisotopic (exact) mass is 760 g/mol. The van der Waals surface area contributed by atoms with Gasteiger partial charge in [0.05, 0.1) is 12.2 Å². The summed E-state index contributed by atoms with van der Waals surface area (Å²) in [6.45, 7) is -0.0472. The molecule has 1 aliphatic rings. The standard InChI is InChI=1S/C40H33BrF4N2O4/c41-33-15-7-26(8-16-33)24-39(38(49)46-25-27-21-32(40(43,44)45)23-34(42)22-27)36(30-11-9-29(10-12-30)28-5-2-1-3-6-28)51-37(47-39)31-13-17-35(18-14-31)50-20-4-19-48/h1-3,5-18,21-23,36,48H,4,19-20,24-25H2,(H,46,49)/t36-,39-/m1/s1. The van der Waals surface area contributed by atoms with E-state index >= 15 is 0 Å². The van der Waals surface area contributed by atoms with Crippen LogP contribution >= 0.6 is 15.9 Å². The van der Waals surface area contributed by atoms with Crippen molar-refractivity contribution in [1.82, 2.24) is 5.32 Å². The highest BCUT2D eigenvalue weighted by molar-refractivity contribution is 9.10. The third kappa shape index (κ3) is 8.49. The summed E-state index contributed by atoms with van der Waals surface area (Å²) in [7, 11) is 0. The number of amides is 1. The average Bonchev–Trinajstić information content (AvgIpc) is 3.52. The molecule has 6 rings (SSSR count). The van der Waals surface area contributed by atoms with Crippen molar-refractivity contribution in [2.75, 3.05) is 13.2 Å². The van der Waals surface area contributed by atoms with Crippen LogP contribution in [0.15, 0.2) is 131 Å². The topological polar surface area (TPSA) is 80.2 Å². The number of halogens is 5. The van der Waals surface area contributed by atoms with Gasteiger partial charge in [-0.3, -0.25) is 4.79 Å². The molecule has 0 saturated carbocycles. The van der Waals surface area contributed by atoms with Crippen molar-refractivity contribution in [3.05, 3.63) is 159 Å². The molecule has 51 heavy (non-hydrogen) atoms. The maximum atomic E-state index is 14.6. The van der Waals surface area contributed by atoms with E-state index in [4.69, 9.17) is 19.6 Å². The van der Waals surface area contributed by atoms with E-state index in [0.29, 0.717) is 36.0 Å². The number of nitrogens with one attached hydrogen (secondary N) is 1. The van der Waals surface area contributed by atoms with Crippen molar-refractivity contribution >= 4 is 27.7 Å². The van der Waals surface area contributed by atoms with Crippen molar-refractivity contribution in [3.63, 3.8) is 0 Å². The minimum absolute atomic E-state index is 0.00165. The van der Waals surface area contributed by atoms with Crippen LogP contribution in [0.3, 0.4) is 0 Å². The van der Waals surface area contributed by atoms with Gasteiger partial charge in [-0.05, 0) is 82.4 Å². The van der Waals surface area contributed by atoms with Gasteiger partial charge in [-0.1, -0.05) is 82.7 Å². The number of carbonyl (C=O) groups excluding carboxylic acids is 1. The molecular formula is C40H33BrF4N2O4. The molecule has 5 aromatic carbocycles. The van der Waals surface area contributed by atoms with Crippen LogP contribution in [0, 0.1) is 5.82 Å². The first kappa shape index (κ1) is 35.8. The largest absolute Gasteiger partial charge is 0.494 e. The summed E-state index contributed by atoms with van der Waals surface area (Å²) in [5, 5.41) is 11.8. The zero-order valence-electron chi connectivity index (χ0n) is 27.2. The first-order valence-electron chi connectivity index (χ1n) is 16.2. The molecule has 0 fully saturated rings. The van der Waals surface area contributed by atoms with E-state index in [2.05, 4.69) is 21.2 Å². The summed E-state index contributed by atoms with van der Waals surface area (Å²) in [4.78, 5) is 19.5. The molecule has 0 spiro atoms. The van der Waals surface area contributed by atoms with Crippen molar-refractivity contribution in [1.29, 1.82) is 0 Å². The first-order chi connectivity index (χ1) is 24.5. The van der Waals surface area contributed by atoms with Crippen LogP contribution in [0.4, 0.5) is 17.6 Å². The third-order valence-electron chi connectivity index (χ3n) is 8.48. The summed E-state index contributed by atoms with van der Waals surface area (Å²) in [6, 6.07) is 33.9. The van der Waals surface area contributed by atoms with Crippen molar-refractivity contribution in [2.24, 2.45) is 4.99 Å². The number of carbonyl (C=O) groups is 1. The lowest BCUT2D eigenvalue weighted by Gasteiger charge is -2.31. The van der Waals surface area contributed by atoms with Gasteiger partial charge in [-0.2, -0.15) is 13.2 Å². The van der Waals surface area contributed by atoms with Gasteiger partial charge < -0.3 is 19.9 Å². The highest BCUT2D eigenvalue weighted by atomic mass is 79.9. The Bertz CT molecular complexity index is 1990. The van der Waals surface area contributed by atoms with Crippen molar-refractivity contribution in [3.8, 4) is 16.9 Å². The van der Waals surface area contributed by atoms with Gasteiger partial charge in [0, 0.05) is 36.0 Å². The SMILES string of the molecule is O=C(NCc1cc(F)cc(C(F)(F)F)c1)[C@]1(Cc2ccc(Br)cc2)N=C(c2ccc(OCCCO)cc2)O[C@@H]1c1ccc(-c2ccccc2)cc1. The second kappa shape index (κ2) is 15.5. The van der Waals surface area contributed by atoms with E-state index < -0.39 is 35.1 Å². The minimum Gasteiger partial charge on any atom is -0.494 e. The van der Waals surface area contributed by atoms with Crippen LogP contribution < -0.4 is 10.1 Å². The molecule has 0 aliphatic carbocycles. The van der Waals surface area contributed by atoms with Crippen LogP contribution in [-0.4, -0.2) is 35.7 Å². The Morgan fingerprint density at radius 3 is 2.20 bits per heavy atom. The fraction of sp³-hybridized carbons (Fsp3) is 0.200. The minimum atomic E-state index is -4.77. The molecule has 262 valence electrons. The molecule has 0 aromatic heterocycles. The van der Waals surface area contributed by atoms with Gasteiger partial charge in [0.2, 0.25) is 5.90 Å². The molecule has 2 atom stereocenters. The lowest BCUT2D eigenvalue weighted by molar-refractivity contribution is -0.137. The van der Waals surface area contributed by atoms with Gasteiger partial charge in [0.1, 0.15) is 11.6 Å². The number of rotatable bonds is 12. The predicted octanol–water partition coefficient (Wildman–Crippen LogP) is 8.85. The fourth-order valence-corrected chi connectivity index (χ4v) is 6.19. The second-order valence-electron chi connectivity index (χ2n) is 12.1. The molecule has 2 N–H and O–H groups in total. The lowest BCUT2D eigenvalue weighted by Crippen LogP contribution is -2.49. The van der Waals surface area contributed by atoms with Gasteiger partial charge in [-0.25, -0.2) is 9.38 Å². The van der Waals surface area contributed by atoms with E-state index in [1.807, 2.05) is 78.9 Å². The van der Waals surface area contributed by atoms with Crippen LogP contribution in [-0.2, 0) is 28.7 Å². The number of nitrogens with zero attached hydrogens (tertiary/aromatic N) is 1. The summed E-state index contributed by atoms with van der Waals surface area (Å²) >= 11 is 3.45. The molecule has 0 unspecified atom stereocenters. The highest BCUT2D eigenvalue weighted by Crippen LogP contribution is 2.43. The van der Waals surface area contributed by atoms with E-state index in [9.17, 15) is 22.4 Å². The number of hydrogen-bond acceptors (Lipinski definition) is 5. The Labute approximate surface area is 300 Å². The zero-order valence-corrected chi connectivity index (χ0v) is 28.8. The first-order valence-corrected chi connectivity index (χ1v) is 17.0. The molecule has 6 nitrogen and oxygen atoms in total.